The van der Waals surface area contributed by atoms with Gasteiger partial charge in [0, 0.05) is 18.0 Å². The molecule has 2 aromatic rings. The number of carbonyl (C=O) groups is 3. The number of nitrogens with zero attached hydrogens (tertiary/aromatic N) is 2. The van der Waals surface area contributed by atoms with E-state index in [2.05, 4.69) is 0 Å². The van der Waals surface area contributed by atoms with Gasteiger partial charge in [-0.3, -0.25) is 9.59 Å². The zero-order valence-electron chi connectivity index (χ0n) is 18.5. The smallest absolute Gasteiger partial charge is 0.342 e. The van der Waals surface area contributed by atoms with Crippen LogP contribution in [0, 0.1) is 0 Å². The molecule has 1 aliphatic heterocycles. The van der Waals surface area contributed by atoms with Gasteiger partial charge in [-0.25, -0.2) is 13.2 Å². The zero-order valence-corrected chi connectivity index (χ0v) is 20.1. The van der Waals surface area contributed by atoms with Crippen LogP contribution in [-0.2, 0) is 30.9 Å². The quantitative estimate of drug-likeness (QED) is 0.428. The van der Waals surface area contributed by atoms with Crippen LogP contribution in [-0.4, -0.2) is 47.2 Å². The van der Waals surface area contributed by atoms with Gasteiger partial charge in [0.1, 0.15) is 11.6 Å². The molecular formula is C23H25ClN2O6S. The fraction of sp³-hybridized carbons (Fsp3) is 0.348. The first-order valence-corrected chi connectivity index (χ1v) is 12.1. The topological polar surface area (TPSA) is 101 Å². The van der Waals surface area contributed by atoms with Crippen LogP contribution in [0.3, 0.4) is 0 Å². The number of rotatable bonds is 7. The highest BCUT2D eigenvalue weighted by atomic mass is 35.5. The molecule has 1 saturated heterocycles. The van der Waals surface area contributed by atoms with Crippen molar-refractivity contribution >= 4 is 39.5 Å². The highest BCUT2D eigenvalue weighted by Crippen LogP contribution is 2.30. The molecule has 33 heavy (non-hydrogen) atoms. The van der Waals surface area contributed by atoms with Crippen LogP contribution in [0.2, 0.25) is 5.02 Å². The molecule has 1 heterocycles. The van der Waals surface area contributed by atoms with Gasteiger partial charge >= 0.3 is 12.0 Å². The number of imide groups is 1. The molecule has 0 N–H and O–H groups in total. The third-order valence-electron chi connectivity index (χ3n) is 4.87. The van der Waals surface area contributed by atoms with Gasteiger partial charge in [0.2, 0.25) is 0 Å². The van der Waals surface area contributed by atoms with Crippen molar-refractivity contribution in [3.05, 3.63) is 65.2 Å². The average molecular weight is 493 g/mol. The number of ether oxygens (including phenoxy) is 1. The van der Waals surface area contributed by atoms with E-state index >= 15 is 0 Å². The normalized spacial score (nSPS) is 16.9. The predicted octanol–water partition coefficient (Wildman–Crippen LogP) is 3.98. The molecule has 1 aliphatic rings. The number of amides is 3. The number of urea groups is 1. The Morgan fingerprint density at radius 3 is 2.21 bits per heavy atom. The summed E-state index contributed by atoms with van der Waals surface area (Å²) in [6.07, 6.45) is -0.222. The Hall–Kier alpha value is -2.91. The standard InChI is InChI=1S/C23H25ClN2O6S/c1-23(2,3)32-20(27)14-13-19-21(28)26(33(30,31)18-11-9-17(24)10-12-18)22(29)25(19)15-16-7-5-4-6-8-16/h4-12,19H,13-15H2,1-3H3/t19-/m0/s1. The van der Waals surface area contributed by atoms with Gasteiger partial charge in [-0.15, -0.1) is 4.31 Å². The molecule has 176 valence electrons. The first-order valence-electron chi connectivity index (χ1n) is 10.3. The minimum atomic E-state index is -4.46. The Kier molecular flexibility index (Phi) is 7.14. The van der Waals surface area contributed by atoms with E-state index in [1.165, 1.54) is 29.2 Å². The number of hydrogen-bond donors (Lipinski definition) is 0. The third kappa shape index (κ3) is 5.72. The van der Waals surface area contributed by atoms with Gasteiger partial charge in [-0.05, 0) is 57.0 Å². The maximum Gasteiger partial charge on any atom is 0.342 e. The highest BCUT2D eigenvalue weighted by Gasteiger charge is 2.51. The van der Waals surface area contributed by atoms with Gasteiger partial charge in [0.05, 0.1) is 4.90 Å². The Labute approximate surface area is 198 Å². The summed E-state index contributed by atoms with van der Waals surface area (Å²) in [6.45, 7) is 5.17. The lowest BCUT2D eigenvalue weighted by Crippen LogP contribution is -2.37. The highest BCUT2D eigenvalue weighted by molar-refractivity contribution is 7.90. The number of sulfonamides is 1. The largest absolute Gasteiger partial charge is 0.460 e. The number of benzene rings is 2. The van der Waals surface area contributed by atoms with E-state index in [4.69, 9.17) is 16.3 Å². The average Bonchev–Trinajstić information content (AvgIpc) is 2.96. The summed E-state index contributed by atoms with van der Waals surface area (Å²) in [6, 6.07) is 12.0. The molecule has 0 aliphatic carbocycles. The van der Waals surface area contributed by atoms with E-state index in [1.807, 2.05) is 0 Å². The number of halogens is 1. The van der Waals surface area contributed by atoms with E-state index in [0.717, 1.165) is 0 Å². The molecule has 0 aromatic heterocycles. The van der Waals surface area contributed by atoms with Crippen molar-refractivity contribution in [1.29, 1.82) is 0 Å². The SMILES string of the molecule is CC(C)(C)OC(=O)CC[C@H]1C(=O)N(S(=O)(=O)c2ccc(Cl)cc2)C(=O)N1Cc1ccccc1. The van der Waals surface area contributed by atoms with E-state index in [9.17, 15) is 22.8 Å². The second-order valence-corrected chi connectivity index (χ2v) is 10.8. The Morgan fingerprint density at radius 2 is 1.64 bits per heavy atom. The first kappa shape index (κ1) is 24.7. The molecule has 1 atom stereocenters. The van der Waals surface area contributed by atoms with Crippen molar-refractivity contribution in [2.45, 2.75) is 56.7 Å². The molecule has 0 spiro atoms. The van der Waals surface area contributed by atoms with E-state index in [-0.39, 0.29) is 28.6 Å². The molecule has 2 aromatic carbocycles. The van der Waals surface area contributed by atoms with Gasteiger partial charge in [0.25, 0.3) is 15.9 Å². The summed E-state index contributed by atoms with van der Waals surface area (Å²) in [5, 5.41) is 0.314. The molecule has 0 saturated carbocycles. The monoisotopic (exact) mass is 492 g/mol. The summed E-state index contributed by atoms with van der Waals surface area (Å²) in [5.74, 6) is -1.45. The van der Waals surface area contributed by atoms with Gasteiger partial charge in [-0.2, -0.15) is 0 Å². The van der Waals surface area contributed by atoms with E-state index < -0.39 is 39.6 Å². The minimum Gasteiger partial charge on any atom is -0.460 e. The van der Waals surface area contributed by atoms with Crippen LogP contribution in [0.1, 0.15) is 39.2 Å². The van der Waals surface area contributed by atoms with Crippen LogP contribution >= 0.6 is 11.6 Å². The Balaban J connectivity index is 1.91. The molecule has 10 heteroatoms. The molecular weight excluding hydrogens is 468 g/mol. The molecule has 0 unspecified atom stereocenters. The fourth-order valence-electron chi connectivity index (χ4n) is 3.43. The summed E-state index contributed by atoms with van der Waals surface area (Å²) in [7, 11) is -4.46. The van der Waals surface area contributed by atoms with Gasteiger partial charge in [0.15, 0.2) is 0 Å². The maximum absolute atomic E-state index is 13.2. The lowest BCUT2D eigenvalue weighted by molar-refractivity contribution is -0.155. The van der Waals surface area contributed by atoms with Crippen molar-refractivity contribution in [1.82, 2.24) is 9.21 Å². The molecule has 0 bridgehead atoms. The lowest BCUT2D eigenvalue weighted by Gasteiger charge is -2.23. The molecule has 3 rings (SSSR count). The van der Waals surface area contributed by atoms with Gasteiger partial charge in [-0.1, -0.05) is 41.9 Å². The van der Waals surface area contributed by atoms with Crippen molar-refractivity contribution in [3.8, 4) is 0 Å². The summed E-state index contributed by atoms with van der Waals surface area (Å²) in [5.41, 5.74) is 0.00643. The lowest BCUT2D eigenvalue weighted by atomic mass is 10.1. The first-order chi connectivity index (χ1) is 15.4. The molecule has 3 amide bonds. The summed E-state index contributed by atoms with van der Waals surface area (Å²) in [4.78, 5) is 39.6. The second-order valence-electron chi connectivity index (χ2n) is 8.60. The van der Waals surface area contributed by atoms with Crippen molar-refractivity contribution in [2.24, 2.45) is 0 Å². The fourth-order valence-corrected chi connectivity index (χ4v) is 4.92. The summed E-state index contributed by atoms with van der Waals surface area (Å²) >= 11 is 5.84. The van der Waals surface area contributed by atoms with Crippen LogP contribution in [0.4, 0.5) is 4.79 Å². The molecule has 0 radical (unpaired) electrons. The van der Waals surface area contributed by atoms with Crippen LogP contribution < -0.4 is 0 Å². The predicted molar refractivity (Wildman–Crippen MR) is 122 cm³/mol. The van der Waals surface area contributed by atoms with Crippen LogP contribution in [0.15, 0.2) is 59.5 Å². The second kappa shape index (κ2) is 9.52. The number of esters is 1. The maximum atomic E-state index is 13.2. The Bertz CT molecular complexity index is 1140. The molecule has 1 fully saturated rings. The van der Waals surface area contributed by atoms with Crippen molar-refractivity contribution in [2.75, 3.05) is 0 Å². The number of hydrogen-bond acceptors (Lipinski definition) is 6. The van der Waals surface area contributed by atoms with Crippen LogP contribution in [0.25, 0.3) is 0 Å². The Morgan fingerprint density at radius 1 is 1.03 bits per heavy atom. The van der Waals surface area contributed by atoms with Crippen LogP contribution in [0.5, 0.6) is 0 Å². The summed E-state index contributed by atoms with van der Waals surface area (Å²) < 4.78 is 31.9. The number of carbonyl (C=O) groups excluding carboxylic acids is 3. The third-order valence-corrected chi connectivity index (χ3v) is 6.81. The van der Waals surface area contributed by atoms with Crippen molar-refractivity contribution < 1.29 is 27.5 Å². The zero-order chi connectivity index (χ0) is 24.4. The van der Waals surface area contributed by atoms with Crippen molar-refractivity contribution in [3.63, 3.8) is 0 Å². The minimum absolute atomic E-state index is 0.0109. The van der Waals surface area contributed by atoms with Gasteiger partial charge < -0.3 is 9.64 Å². The molecule has 8 nitrogen and oxygen atoms in total. The van der Waals surface area contributed by atoms with E-state index in [0.29, 0.717) is 10.6 Å². The van der Waals surface area contributed by atoms with E-state index in [1.54, 1.807) is 51.1 Å².